The van der Waals surface area contributed by atoms with Gasteiger partial charge in [-0.05, 0) is 38.5 Å². The van der Waals surface area contributed by atoms with E-state index in [0.717, 1.165) is 12.3 Å². The second-order valence-corrected chi connectivity index (χ2v) is 5.34. The molecule has 0 aliphatic heterocycles. The molecule has 3 nitrogen and oxygen atoms in total. The quantitative estimate of drug-likeness (QED) is 0.635. The van der Waals surface area contributed by atoms with Crippen LogP contribution < -0.4 is 5.32 Å². The highest BCUT2D eigenvalue weighted by molar-refractivity contribution is 4.93. The fraction of sp³-hybridized carbons (Fsp3) is 1.00. The highest BCUT2D eigenvalue weighted by Gasteiger charge is 2.35. The van der Waals surface area contributed by atoms with Gasteiger partial charge in [0.1, 0.15) is 0 Å². The Kier molecular flexibility index (Phi) is 5.73. The van der Waals surface area contributed by atoms with Crippen LogP contribution in [-0.4, -0.2) is 37.0 Å². The second-order valence-electron chi connectivity index (χ2n) is 5.34. The Labute approximate surface area is 99.6 Å². The predicted octanol–water partition coefficient (Wildman–Crippen LogP) is 1.94. The maximum absolute atomic E-state index is 9.13. The first kappa shape index (κ1) is 13.9. The lowest BCUT2D eigenvalue weighted by atomic mass is 9.95. The maximum atomic E-state index is 9.13. The van der Waals surface area contributed by atoms with Crippen molar-refractivity contribution in [2.24, 2.45) is 5.92 Å². The van der Waals surface area contributed by atoms with E-state index in [1.54, 1.807) is 7.11 Å². The van der Waals surface area contributed by atoms with Gasteiger partial charge in [0, 0.05) is 25.3 Å². The molecule has 0 amide bonds. The maximum Gasteiger partial charge on any atom is 0.0642 e. The van der Waals surface area contributed by atoms with Gasteiger partial charge in [-0.2, -0.15) is 0 Å². The van der Waals surface area contributed by atoms with E-state index in [9.17, 15) is 0 Å². The van der Waals surface area contributed by atoms with E-state index < -0.39 is 0 Å². The third-order valence-electron chi connectivity index (χ3n) is 3.45. The average Bonchev–Trinajstić information content (AvgIpc) is 3.00. The van der Waals surface area contributed by atoms with Crippen LogP contribution in [0.25, 0.3) is 0 Å². The summed E-state index contributed by atoms with van der Waals surface area (Å²) in [6.07, 6.45) is 5.93. The molecule has 0 radical (unpaired) electrons. The Morgan fingerprint density at radius 3 is 2.62 bits per heavy atom. The van der Waals surface area contributed by atoms with Crippen molar-refractivity contribution in [2.45, 2.75) is 57.5 Å². The molecule has 2 unspecified atom stereocenters. The van der Waals surface area contributed by atoms with E-state index in [0.29, 0.717) is 12.6 Å². The molecule has 2 atom stereocenters. The van der Waals surface area contributed by atoms with Crippen molar-refractivity contribution in [1.82, 2.24) is 5.32 Å². The summed E-state index contributed by atoms with van der Waals surface area (Å²) in [6, 6.07) is 0.608. The summed E-state index contributed by atoms with van der Waals surface area (Å²) in [4.78, 5) is 0. The SMILES string of the molecule is CCCC(NC(C)(CCO)COC)C1CC1. The number of methoxy groups -OCH3 is 1. The van der Waals surface area contributed by atoms with Crippen LogP contribution >= 0.6 is 0 Å². The summed E-state index contributed by atoms with van der Waals surface area (Å²) in [7, 11) is 1.73. The van der Waals surface area contributed by atoms with Crippen molar-refractivity contribution in [1.29, 1.82) is 0 Å². The molecule has 1 aliphatic carbocycles. The van der Waals surface area contributed by atoms with Gasteiger partial charge in [0.05, 0.1) is 6.61 Å². The highest BCUT2D eigenvalue weighted by Crippen LogP contribution is 2.35. The number of ether oxygens (including phenoxy) is 1. The van der Waals surface area contributed by atoms with Crippen molar-refractivity contribution in [2.75, 3.05) is 20.3 Å². The number of hydrogen-bond donors (Lipinski definition) is 2. The Bertz CT molecular complexity index is 186. The standard InChI is InChI=1S/C13H27NO2/c1-4-5-12(11-6-7-11)14-13(2,8-9-15)10-16-3/h11-12,14-15H,4-10H2,1-3H3. The van der Waals surface area contributed by atoms with E-state index in [4.69, 9.17) is 9.84 Å². The van der Waals surface area contributed by atoms with Crippen LogP contribution in [0.2, 0.25) is 0 Å². The molecule has 1 fully saturated rings. The van der Waals surface area contributed by atoms with Crippen molar-refractivity contribution >= 4 is 0 Å². The monoisotopic (exact) mass is 229 g/mol. The number of hydrogen-bond acceptors (Lipinski definition) is 3. The van der Waals surface area contributed by atoms with Gasteiger partial charge in [0.15, 0.2) is 0 Å². The fourth-order valence-electron chi connectivity index (χ4n) is 2.43. The Morgan fingerprint density at radius 2 is 2.19 bits per heavy atom. The molecule has 1 saturated carbocycles. The summed E-state index contributed by atoms with van der Waals surface area (Å²) in [5, 5.41) is 12.8. The van der Waals surface area contributed by atoms with E-state index >= 15 is 0 Å². The zero-order chi connectivity index (χ0) is 12.0. The number of nitrogens with one attached hydrogen (secondary N) is 1. The van der Waals surface area contributed by atoms with Gasteiger partial charge >= 0.3 is 0 Å². The minimum absolute atomic E-state index is 0.0775. The molecule has 3 heteroatoms. The van der Waals surface area contributed by atoms with Gasteiger partial charge in [-0.1, -0.05) is 13.3 Å². The lowest BCUT2D eigenvalue weighted by molar-refractivity contribution is 0.0862. The van der Waals surface area contributed by atoms with Crippen LogP contribution in [0, 0.1) is 5.92 Å². The van der Waals surface area contributed by atoms with E-state index in [2.05, 4.69) is 19.2 Å². The molecular weight excluding hydrogens is 202 g/mol. The summed E-state index contributed by atoms with van der Waals surface area (Å²) in [6.45, 7) is 5.27. The fourth-order valence-corrected chi connectivity index (χ4v) is 2.43. The average molecular weight is 229 g/mol. The molecule has 0 bridgehead atoms. The van der Waals surface area contributed by atoms with Gasteiger partial charge in [-0.3, -0.25) is 0 Å². The minimum Gasteiger partial charge on any atom is -0.396 e. The highest BCUT2D eigenvalue weighted by atomic mass is 16.5. The van der Waals surface area contributed by atoms with Gasteiger partial charge in [0.25, 0.3) is 0 Å². The van der Waals surface area contributed by atoms with Crippen LogP contribution in [0.3, 0.4) is 0 Å². The first-order chi connectivity index (χ1) is 7.65. The largest absolute Gasteiger partial charge is 0.396 e. The van der Waals surface area contributed by atoms with Crippen molar-refractivity contribution in [3.63, 3.8) is 0 Å². The molecule has 16 heavy (non-hydrogen) atoms. The molecule has 96 valence electrons. The normalized spacial score (nSPS) is 21.8. The van der Waals surface area contributed by atoms with Crippen LogP contribution in [-0.2, 0) is 4.74 Å². The molecule has 1 aliphatic rings. The summed E-state index contributed by atoms with van der Waals surface area (Å²) >= 11 is 0. The molecular formula is C13H27NO2. The molecule has 2 N–H and O–H groups in total. The van der Waals surface area contributed by atoms with E-state index in [1.165, 1.54) is 25.7 Å². The zero-order valence-electron chi connectivity index (χ0n) is 11.0. The smallest absolute Gasteiger partial charge is 0.0642 e. The van der Waals surface area contributed by atoms with Crippen LogP contribution in [0.5, 0.6) is 0 Å². The topological polar surface area (TPSA) is 41.5 Å². The lowest BCUT2D eigenvalue weighted by Crippen LogP contribution is -2.52. The zero-order valence-corrected chi connectivity index (χ0v) is 11.0. The second kappa shape index (κ2) is 6.58. The molecule has 0 heterocycles. The predicted molar refractivity (Wildman–Crippen MR) is 66.5 cm³/mol. The minimum atomic E-state index is -0.0775. The number of aliphatic hydroxyl groups excluding tert-OH is 1. The lowest BCUT2D eigenvalue weighted by Gasteiger charge is -2.34. The molecule has 0 aromatic carbocycles. The molecule has 0 aromatic heterocycles. The van der Waals surface area contributed by atoms with Gasteiger partial charge in [-0.25, -0.2) is 0 Å². The summed E-state index contributed by atoms with van der Waals surface area (Å²) in [5.41, 5.74) is -0.0775. The van der Waals surface area contributed by atoms with Gasteiger partial charge in [0.2, 0.25) is 0 Å². The van der Waals surface area contributed by atoms with Gasteiger partial charge in [-0.15, -0.1) is 0 Å². The van der Waals surface area contributed by atoms with Crippen LogP contribution in [0.1, 0.15) is 46.0 Å². The van der Waals surface area contributed by atoms with Crippen LogP contribution in [0.15, 0.2) is 0 Å². The molecule has 0 saturated heterocycles. The molecule has 0 aromatic rings. The van der Waals surface area contributed by atoms with E-state index in [-0.39, 0.29) is 12.1 Å². The molecule has 1 rings (SSSR count). The third-order valence-corrected chi connectivity index (χ3v) is 3.45. The van der Waals surface area contributed by atoms with Gasteiger partial charge < -0.3 is 15.2 Å². The first-order valence-corrected chi connectivity index (χ1v) is 6.52. The Balaban J connectivity index is 2.49. The van der Waals surface area contributed by atoms with Crippen molar-refractivity contribution in [3.05, 3.63) is 0 Å². The summed E-state index contributed by atoms with van der Waals surface area (Å²) in [5.74, 6) is 0.856. The number of aliphatic hydroxyl groups is 1. The summed E-state index contributed by atoms with van der Waals surface area (Å²) < 4.78 is 5.27. The van der Waals surface area contributed by atoms with Crippen LogP contribution in [0.4, 0.5) is 0 Å². The Hall–Kier alpha value is -0.120. The van der Waals surface area contributed by atoms with Crippen molar-refractivity contribution in [3.8, 4) is 0 Å². The third kappa shape index (κ3) is 4.40. The van der Waals surface area contributed by atoms with Crippen molar-refractivity contribution < 1.29 is 9.84 Å². The Morgan fingerprint density at radius 1 is 1.50 bits per heavy atom. The molecule has 0 spiro atoms. The first-order valence-electron chi connectivity index (χ1n) is 6.52. The number of rotatable bonds is 9. The van der Waals surface area contributed by atoms with E-state index in [1.807, 2.05) is 0 Å².